The van der Waals surface area contributed by atoms with Gasteiger partial charge < -0.3 is 5.43 Å². The summed E-state index contributed by atoms with van der Waals surface area (Å²) in [4.78, 5) is 0. The molecule has 1 N–H and O–H groups in total. The molecule has 0 amide bonds. The molecule has 0 spiro atoms. The molecule has 64 valence electrons. The Morgan fingerprint density at radius 1 is 1.73 bits per heavy atom. The summed E-state index contributed by atoms with van der Waals surface area (Å²) < 4.78 is 0. The smallest absolute Gasteiger partial charge is 0.0945 e. The Bertz CT molecular complexity index is 161. The van der Waals surface area contributed by atoms with E-state index >= 15 is 0 Å². The van der Waals surface area contributed by atoms with E-state index in [1.165, 1.54) is 0 Å². The molecular formula is C7H13ClN2S. The van der Waals surface area contributed by atoms with Gasteiger partial charge in [0.05, 0.1) is 5.04 Å². The predicted molar refractivity (Wildman–Crippen MR) is 52.4 cm³/mol. The van der Waals surface area contributed by atoms with Gasteiger partial charge in [-0.2, -0.15) is 5.10 Å². The molecule has 11 heavy (non-hydrogen) atoms. The lowest BCUT2D eigenvalue weighted by molar-refractivity contribution is 0.617. The van der Waals surface area contributed by atoms with Crippen molar-refractivity contribution < 1.29 is 0 Å². The summed E-state index contributed by atoms with van der Waals surface area (Å²) in [5.41, 5.74) is 2.78. The van der Waals surface area contributed by atoms with Crippen LogP contribution in [-0.4, -0.2) is 23.2 Å². The molecule has 0 aliphatic carbocycles. The Labute approximate surface area is 76.8 Å². The van der Waals surface area contributed by atoms with E-state index in [4.69, 9.17) is 11.6 Å². The second kappa shape index (κ2) is 4.21. The lowest BCUT2D eigenvalue weighted by atomic mass is 10.1. The van der Waals surface area contributed by atoms with Gasteiger partial charge in [0.2, 0.25) is 0 Å². The van der Waals surface area contributed by atoms with Gasteiger partial charge in [-0.25, -0.2) is 0 Å². The molecule has 0 radical (unpaired) electrons. The van der Waals surface area contributed by atoms with Crippen LogP contribution in [0.5, 0.6) is 0 Å². The highest BCUT2D eigenvalue weighted by Crippen LogP contribution is 2.28. The maximum absolute atomic E-state index is 6.08. The lowest BCUT2D eigenvalue weighted by Crippen LogP contribution is -2.24. The van der Waals surface area contributed by atoms with Crippen molar-refractivity contribution in [2.45, 2.75) is 18.7 Å². The van der Waals surface area contributed by atoms with Gasteiger partial charge in [-0.3, -0.25) is 0 Å². The summed E-state index contributed by atoms with van der Waals surface area (Å²) in [6, 6.07) is 0. The zero-order valence-electron chi connectivity index (χ0n) is 6.80. The van der Waals surface area contributed by atoms with Crippen LogP contribution in [0.4, 0.5) is 0 Å². The largest absolute Gasteiger partial charge is 0.312 e. The highest BCUT2D eigenvalue weighted by Gasteiger charge is 2.23. The van der Waals surface area contributed by atoms with Gasteiger partial charge in [0.15, 0.2) is 0 Å². The Kier molecular flexibility index (Phi) is 3.52. The highest BCUT2D eigenvalue weighted by molar-refractivity contribution is 8.14. The van der Waals surface area contributed by atoms with Crippen LogP contribution in [0.3, 0.4) is 0 Å². The summed E-state index contributed by atoms with van der Waals surface area (Å²) in [6.07, 6.45) is 0.911. The highest BCUT2D eigenvalue weighted by atomic mass is 35.5. The minimum absolute atomic E-state index is 0.267. The normalized spacial score (nSPS) is 35.7. The number of hydrogen-bond acceptors (Lipinski definition) is 3. The molecule has 0 aromatic rings. The van der Waals surface area contributed by atoms with Crippen molar-refractivity contribution in [2.24, 2.45) is 11.0 Å². The molecule has 1 aliphatic heterocycles. The van der Waals surface area contributed by atoms with Crippen LogP contribution in [0, 0.1) is 5.92 Å². The van der Waals surface area contributed by atoms with Crippen LogP contribution in [-0.2, 0) is 0 Å². The molecule has 2 atom stereocenters. The Morgan fingerprint density at radius 2 is 2.45 bits per heavy atom. The third-order valence-electron chi connectivity index (χ3n) is 1.74. The van der Waals surface area contributed by atoms with E-state index in [0.717, 1.165) is 17.2 Å². The van der Waals surface area contributed by atoms with Gasteiger partial charge in [0, 0.05) is 24.6 Å². The number of hydrogen-bond donors (Lipinski definition) is 1. The fourth-order valence-electron chi connectivity index (χ4n) is 0.962. The summed E-state index contributed by atoms with van der Waals surface area (Å²) in [7, 11) is 1.81. The third kappa shape index (κ3) is 2.56. The van der Waals surface area contributed by atoms with Crippen molar-refractivity contribution in [1.82, 2.24) is 5.43 Å². The first-order valence-corrected chi connectivity index (χ1v) is 5.16. The van der Waals surface area contributed by atoms with Crippen molar-refractivity contribution >= 4 is 28.4 Å². The van der Waals surface area contributed by atoms with Gasteiger partial charge in [0.25, 0.3) is 0 Å². The summed E-state index contributed by atoms with van der Waals surface area (Å²) in [5.74, 6) is 1.70. The maximum Gasteiger partial charge on any atom is 0.0945 e. The number of rotatable bonds is 1. The molecule has 1 fully saturated rings. The Balaban J connectivity index is 2.46. The number of alkyl halides is 1. The van der Waals surface area contributed by atoms with Crippen molar-refractivity contribution in [3.05, 3.63) is 0 Å². The Hall–Kier alpha value is 0.110. The van der Waals surface area contributed by atoms with Gasteiger partial charge in [-0.1, -0.05) is 6.92 Å². The first kappa shape index (κ1) is 9.20. The molecule has 1 aliphatic rings. The van der Waals surface area contributed by atoms with E-state index in [1.54, 1.807) is 11.8 Å². The first-order valence-electron chi connectivity index (χ1n) is 3.74. The van der Waals surface area contributed by atoms with E-state index in [1.807, 2.05) is 7.05 Å². The maximum atomic E-state index is 6.08. The Morgan fingerprint density at radius 3 is 3.00 bits per heavy atom. The van der Waals surface area contributed by atoms with Crippen LogP contribution in [0.2, 0.25) is 0 Å². The minimum Gasteiger partial charge on any atom is -0.312 e. The second-order valence-corrected chi connectivity index (χ2v) is 4.39. The van der Waals surface area contributed by atoms with E-state index in [-0.39, 0.29) is 5.38 Å². The van der Waals surface area contributed by atoms with E-state index in [0.29, 0.717) is 5.92 Å². The summed E-state index contributed by atoms with van der Waals surface area (Å²) in [6.45, 7) is 2.18. The van der Waals surface area contributed by atoms with Crippen molar-refractivity contribution in [3.8, 4) is 0 Å². The summed E-state index contributed by atoms with van der Waals surface area (Å²) in [5, 5.41) is 5.51. The van der Waals surface area contributed by atoms with Crippen LogP contribution in [0.1, 0.15) is 13.3 Å². The minimum atomic E-state index is 0.267. The molecule has 1 saturated heterocycles. The van der Waals surface area contributed by atoms with Crippen molar-refractivity contribution in [1.29, 1.82) is 0 Å². The molecule has 1 heterocycles. The molecule has 2 nitrogen and oxygen atoms in total. The zero-order chi connectivity index (χ0) is 8.27. The first-order chi connectivity index (χ1) is 5.24. The van der Waals surface area contributed by atoms with Crippen molar-refractivity contribution in [2.75, 3.05) is 12.8 Å². The molecule has 4 heteroatoms. The van der Waals surface area contributed by atoms with Crippen LogP contribution >= 0.6 is 23.4 Å². The molecule has 0 bridgehead atoms. The number of thioether (sulfide) groups is 1. The number of nitrogens with zero attached hydrogens (tertiary/aromatic N) is 1. The standard InChI is InChI=1S/C7H13ClN2S/c1-5-4-11-7(10-9-2)3-6(5)8/h5-6,9H,3-4H2,1-2H3/b10-7+/t5?,6-/m0/s1. The topological polar surface area (TPSA) is 24.4 Å². The molecule has 0 aromatic heterocycles. The quantitative estimate of drug-likeness (QED) is 0.507. The SMILES string of the molecule is CN/N=C1\C[C@H](Cl)C(C)CS1. The predicted octanol–water partition coefficient (Wildman–Crippen LogP) is 1.90. The van der Waals surface area contributed by atoms with Gasteiger partial charge in [0.1, 0.15) is 0 Å². The van der Waals surface area contributed by atoms with Gasteiger partial charge in [-0.15, -0.1) is 23.4 Å². The molecular weight excluding hydrogens is 180 g/mol. The molecule has 0 saturated carbocycles. The fourth-order valence-corrected chi connectivity index (χ4v) is 2.53. The van der Waals surface area contributed by atoms with Crippen molar-refractivity contribution in [3.63, 3.8) is 0 Å². The molecule has 1 rings (SSSR count). The van der Waals surface area contributed by atoms with Gasteiger partial charge >= 0.3 is 0 Å². The molecule has 0 aromatic carbocycles. The fraction of sp³-hybridized carbons (Fsp3) is 0.857. The number of nitrogens with one attached hydrogen (secondary N) is 1. The second-order valence-electron chi connectivity index (χ2n) is 2.74. The molecule has 1 unspecified atom stereocenters. The summed E-state index contributed by atoms with van der Waals surface area (Å²) >= 11 is 7.88. The number of hydrazone groups is 1. The van der Waals surface area contributed by atoms with Crippen LogP contribution < -0.4 is 5.43 Å². The average molecular weight is 193 g/mol. The van der Waals surface area contributed by atoms with Gasteiger partial charge in [-0.05, 0) is 5.92 Å². The zero-order valence-corrected chi connectivity index (χ0v) is 8.37. The monoisotopic (exact) mass is 192 g/mol. The third-order valence-corrected chi connectivity index (χ3v) is 3.60. The number of halogens is 1. The van der Waals surface area contributed by atoms with E-state index in [2.05, 4.69) is 17.5 Å². The van der Waals surface area contributed by atoms with E-state index in [9.17, 15) is 0 Å². The lowest BCUT2D eigenvalue weighted by Gasteiger charge is -2.23. The van der Waals surface area contributed by atoms with E-state index < -0.39 is 0 Å². The van der Waals surface area contributed by atoms with Crippen LogP contribution in [0.15, 0.2) is 5.10 Å². The van der Waals surface area contributed by atoms with Crippen LogP contribution in [0.25, 0.3) is 0 Å². The average Bonchev–Trinajstić information content (AvgIpc) is 1.98.